The molecule has 68 valence electrons. The van der Waals surface area contributed by atoms with Gasteiger partial charge < -0.3 is 19.1 Å². The third-order valence-corrected chi connectivity index (χ3v) is 0.973. The van der Waals surface area contributed by atoms with E-state index in [2.05, 4.69) is 4.74 Å². The Bertz CT molecular complexity index is 200. The summed E-state index contributed by atoms with van der Waals surface area (Å²) in [7, 11) is 0. The van der Waals surface area contributed by atoms with Crippen molar-refractivity contribution in [1.29, 1.82) is 0 Å². The molecule has 0 saturated heterocycles. The third-order valence-electron chi connectivity index (χ3n) is 0.973. The zero-order valence-electron chi connectivity index (χ0n) is 8.12. The van der Waals surface area contributed by atoms with Crippen molar-refractivity contribution in [3.63, 3.8) is 0 Å². The molecule has 5 heteroatoms. The van der Waals surface area contributed by atoms with Crippen LogP contribution in [0.15, 0.2) is 0 Å². The minimum atomic E-state index is -0.966. The van der Waals surface area contributed by atoms with Crippen molar-refractivity contribution in [2.45, 2.75) is 20.3 Å². The van der Waals surface area contributed by atoms with E-state index in [1.165, 1.54) is 6.92 Å². The molecular formula is C8H11NaO4. The summed E-state index contributed by atoms with van der Waals surface area (Å²) in [6, 6.07) is 0. The van der Waals surface area contributed by atoms with Gasteiger partial charge in [-0.1, -0.05) is 6.92 Å². The molecule has 0 aliphatic carbocycles. The SMILES string of the molecule is CCCOC(=O)C(=O)[CH-]C(C)=O.[Na+]. The van der Waals surface area contributed by atoms with Crippen LogP contribution in [0.5, 0.6) is 0 Å². The van der Waals surface area contributed by atoms with Crippen LogP contribution in [0.2, 0.25) is 0 Å². The summed E-state index contributed by atoms with van der Waals surface area (Å²) in [6.45, 7) is 3.22. The van der Waals surface area contributed by atoms with Gasteiger partial charge in [0.1, 0.15) is 5.78 Å². The van der Waals surface area contributed by atoms with Gasteiger partial charge >= 0.3 is 29.6 Å². The van der Waals surface area contributed by atoms with E-state index in [0.717, 1.165) is 6.42 Å². The Morgan fingerprint density at radius 2 is 1.85 bits per heavy atom. The predicted octanol–water partition coefficient (Wildman–Crippen LogP) is -2.69. The summed E-state index contributed by atoms with van der Waals surface area (Å²) < 4.78 is 4.48. The van der Waals surface area contributed by atoms with Crippen LogP contribution >= 0.6 is 0 Å². The van der Waals surface area contributed by atoms with Crippen molar-refractivity contribution in [3.05, 3.63) is 6.42 Å². The number of hydrogen-bond donors (Lipinski definition) is 0. The Kier molecular flexibility index (Phi) is 9.67. The number of esters is 1. The van der Waals surface area contributed by atoms with E-state index >= 15 is 0 Å². The number of hydrogen-bond acceptors (Lipinski definition) is 4. The minimum absolute atomic E-state index is 0. The molecule has 0 bridgehead atoms. The van der Waals surface area contributed by atoms with Gasteiger partial charge in [0.25, 0.3) is 0 Å². The molecule has 0 unspecified atom stereocenters. The van der Waals surface area contributed by atoms with E-state index in [4.69, 9.17) is 0 Å². The summed E-state index contributed by atoms with van der Waals surface area (Å²) in [6.07, 6.45) is 1.37. The van der Waals surface area contributed by atoms with E-state index in [9.17, 15) is 14.4 Å². The van der Waals surface area contributed by atoms with Crippen molar-refractivity contribution in [2.24, 2.45) is 0 Å². The molecule has 0 aliphatic rings. The zero-order valence-corrected chi connectivity index (χ0v) is 10.1. The van der Waals surface area contributed by atoms with Crippen LogP contribution in [0.1, 0.15) is 20.3 Å². The molecule has 0 aromatic rings. The maximum atomic E-state index is 10.7. The van der Waals surface area contributed by atoms with Crippen LogP contribution in [-0.4, -0.2) is 24.1 Å². The molecule has 0 saturated carbocycles. The van der Waals surface area contributed by atoms with Crippen molar-refractivity contribution in [1.82, 2.24) is 0 Å². The summed E-state index contributed by atoms with van der Waals surface area (Å²) in [5, 5.41) is 0. The van der Waals surface area contributed by atoms with Crippen molar-refractivity contribution in [3.8, 4) is 0 Å². The molecule has 0 spiro atoms. The van der Waals surface area contributed by atoms with E-state index in [-0.39, 0.29) is 36.2 Å². The quantitative estimate of drug-likeness (QED) is 0.157. The summed E-state index contributed by atoms with van der Waals surface area (Å²) in [4.78, 5) is 31.7. The Balaban J connectivity index is 0. The topological polar surface area (TPSA) is 60.4 Å². The largest absolute Gasteiger partial charge is 1.00 e. The van der Waals surface area contributed by atoms with Crippen LogP contribution < -0.4 is 29.6 Å². The minimum Gasteiger partial charge on any atom is -0.545 e. The van der Waals surface area contributed by atoms with Gasteiger partial charge in [-0.05, 0) is 13.3 Å². The fourth-order valence-electron chi connectivity index (χ4n) is 0.509. The third kappa shape index (κ3) is 8.02. The first-order valence-electron chi connectivity index (χ1n) is 3.64. The fraction of sp³-hybridized carbons (Fsp3) is 0.500. The van der Waals surface area contributed by atoms with Crippen molar-refractivity contribution < 1.29 is 48.7 Å². The molecule has 0 atom stereocenters. The molecule has 0 N–H and O–H groups in total. The molecule has 0 rings (SSSR count). The van der Waals surface area contributed by atoms with E-state index in [1.54, 1.807) is 0 Å². The smallest absolute Gasteiger partial charge is 0.545 e. The number of ether oxygens (including phenoxy) is 1. The Morgan fingerprint density at radius 3 is 2.23 bits per heavy atom. The first-order valence-corrected chi connectivity index (χ1v) is 3.64. The maximum Gasteiger partial charge on any atom is 1.00 e. The normalized spacial score (nSPS) is 8.15. The van der Waals surface area contributed by atoms with E-state index < -0.39 is 17.5 Å². The van der Waals surface area contributed by atoms with Crippen LogP contribution in [0, 0.1) is 6.42 Å². The zero-order chi connectivity index (χ0) is 9.56. The van der Waals surface area contributed by atoms with Gasteiger partial charge in [0, 0.05) is 0 Å². The van der Waals surface area contributed by atoms with Gasteiger partial charge in [-0.25, -0.2) is 0 Å². The molecule has 13 heavy (non-hydrogen) atoms. The Hall–Kier alpha value is -0.320. The first kappa shape index (κ1) is 15.2. The Morgan fingerprint density at radius 1 is 1.31 bits per heavy atom. The van der Waals surface area contributed by atoms with Crippen LogP contribution in [-0.2, 0) is 19.1 Å². The second-order valence-corrected chi connectivity index (χ2v) is 2.26. The van der Waals surface area contributed by atoms with Gasteiger partial charge in [-0.2, -0.15) is 0 Å². The summed E-state index contributed by atoms with van der Waals surface area (Å²) >= 11 is 0. The molecule has 0 radical (unpaired) electrons. The van der Waals surface area contributed by atoms with Gasteiger partial charge in [0.15, 0.2) is 0 Å². The molecule has 0 heterocycles. The van der Waals surface area contributed by atoms with Crippen molar-refractivity contribution >= 4 is 17.5 Å². The Labute approximate surface area is 99.3 Å². The summed E-state index contributed by atoms with van der Waals surface area (Å²) in [5.41, 5.74) is 0. The molecule has 0 aromatic carbocycles. The van der Waals surface area contributed by atoms with Crippen LogP contribution in [0.25, 0.3) is 0 Å². The standard InChI is InChI=1S/C8H11O4.Na/c1-3-4-12-8(11)7(10)5-6(2)9;/h5H,3-4H2,1-2H3;/q-1;+1. The molecule has 0 fully saturated rings. The average Bonchev–Trinajstić information content (AvgIpc) is 1.98. The maximum absolute atomic E-state index is 10.7. The second-order valence-electron chi connectivity index (χ2n) is 2.26. The molecule has 0 amide bonds. The summed E-state index contributed by atoms with van der Waals surface area (Å²) in [5.74, 6) is -2.31. The van der Waals surface area contributed by atoms with Gasteiger partial charge in [-0.15, -0.1) is 6.42 Å². The monoisotopic (exact) mass is 194 g/mol. The number of carbonyl (C=O) groups is 3. The van der Waals surface area contributed by atoms with Gasteiger partial charge in [0.05, 0.1) is 12.4 Å². The molecule has 0 aliphatic heterocycles. The van der Waals surface area contributed by atoms with Gasteiger partial charge in [0.2, 0.25) is 5.97 Å². The molecule has 4 nitrogen and oxygen atoms in total. The number of Topliss-reactive ketones (excluding diaryl/α,β-unsaturated/α-hetero) is 2. The molecular weight excluding hydrogens is 183 g/mol. The average molecular weight is 194 g/mol. The van der Waals surface area contributed by atoms with E-state index in [0.29, 0.717) is 6.42 Å². The second kappa shape index (κ2) is 8.29. The van der Waals surface area contributed by atoms with Crippen LogP contribution in [0.4, 0.5) is 0 Å². The number of ketones is 2. The van der Waals surface area contributed by atoms with Gasteiger partial charge in [-0.3, -0.25) is 0 Å². The predicted molar refractivity (Wildman–Crippen MR) is 41.2 cm³/mol. The van der Waals surface area contributed by atoms with E-state index in [1.807, 2.05) is 6.92 Å². The van der Waals surface area contributed by atoms with Crippen LogP contribution in [0.3, 0.4) is 0 Å². The number of rotatable bonds is 5. The number of carbonyl (C=O) groups excluding carboxylic acids is 3. The molecule has 0 aromatic heterocycles. The van der Waals surface area contributed by atoms with Crippen molar-refractivity contribution in [2.75, 3.05) is 6.61 Å². The first-order chi connectivity index (χ1) is 5.57. The fourth-order valence-corrected chi connectivity index (χ4v) is 0.509.